The molecular formula is C18H25FN2O3. The Bertz CT molecular complexity index is 640. The summed E-state index contributed by atoms with van der Waals surface area (Å²) in [6, 6.07) is 4.54. The molecule has 0 N–H and O–H groups in total. The molecule has 24 heavy (non-hydrogen) atoms. The molecule has 0 spiro atoms. The number of anilines is 1. The van der Waals surface area contributed by atoms with Gasteiger partial charge in [0.1, 0.15) is 11.4 Å². The molecular weight excluding hydrogens is 311 g/mol. The van der Waals surface area contributed by atoms with E-state index in [0.29, 0.717) is 25.3 Å². The summed E-state index contributed by atoms with van der Waals surface area (Å²) in [7, 11) is 0. The molecule has 0 aliphatic carbocycles. The summed E-state index contributed by atoms with van der Waals surface area (Å²) in [5, 5.41) is 0. The maximum atomic E-state index is 14.0. The average molecular weight is 336 g/mol. The fourth-order valence-corrected chi connectivity index (χ4v) is 2.89. The molecule has 1 atom stereocenters. The van der Waals surface area contributed by atoms with Crippen LogP contribution in [0.25, 0.3) is 0 Å². The van der Waals surface area contributed by atoms with Gasteiger partial charge in [-0.1, -0.05) is 6.07 Å². The number of amides is 1. The lowest BCUT2D eigenvalue weighted by Gasteiger charge is -2.41. The fourth-order valence-electron chi connectivity index (χ4n) is 2.89. The quantitative estimate of drug-likeness (QED) is 0.776. The second kappa shape index (κ2) is 6.79. The smallest absolute Gasteiger partial charge is 0.410 e. The van der Waals surface area contributed by atoms with Crippen molar-refractivity contribution in [2.24, 2.45) is 0 Å². The van der Waals surface area contributed by atoms with Crippen molar-refractivity contribution >= 4 is 17.6 Å². The van der Waals surface area contributed by atoms with Crippen LogP contribution in [0.15, 0.2) is 18.2 Å². The largest absolute Gasteiger partial charge is 0.444 e. The molecule has 1 aliphatic rings. The van der Waals surface area contributed by atoms with E-state index < -0.39 is 11.4 Å². The molecule has 1 aromatic carbocycles. The number of carbonyl (C=O) groups excluding carboxylic acids is 2. The van der Waals surface area contributed by atoms with Crippen LogP contribution in [0.4, 0.5) is 14.9 Å². The van der Waals surface area contributed by atoms with E-state index in [2.05, 4.69) is 0 Å². The summed E-state index contributed by atoms with van der Waals surface area (Å²) >= 11 is 0. The Morgan fingerprint density at radius 2 is 1.92 bits per heavy atom. The highest BCUT2D eigenvalue weighted by atomic mass is 19.1. The van der Waals surface area contributed by atoms with Crippen molar-refractivity contribution in [3.05, 3.63) is 29.6 Å². The number of ether oxygens (including phenoxy) is 1. The third-order valence-electron chi connectivity index (χ3n) is 3.94. The summed E-state index contributed by atoms with van der Waals surface area (Å²) in [6.07, 6.45) is -0.347. The first kappa shape index (κ1) is 18.2. The number of nitrogens with zero attached hydrogens (tertiary/aromatic N) is 2. The minimum Gasteiger partial charge on any atom is -0.444 e. The minimum absolute atomic E-state index is 0.100. The molecule has 0 unspecified atom stereocenters. The predicted molar refractivity (Wildman–Crippen MR) is 91.0 cm³/mol. The molecule has 6 heteroatoms. The monoisotopic (exact) mass is 336 g/mol. The van der Waals surface area contributed by atoms with Crippen LogP contribution in [-0.2, 0) is 4.74 Å². The zero-order chi connectivity index (χ0) is 18.1. The van der Waals surface area contributed by atoms with Gasteiger partial charge in [0.05, 0.1) is 11.3 Å². The van der Waals surface area contributed by atoms with Crippen LogP contribution in [0.3, 0.4) is 0 Å². The van der Waals surface area contributed by atoms with Crippen LogP contribution in [0, 0.1) is 5.82 Å². The Balaban J connectivity index is 2.16. The van der Waals surface area contributed by atoms with Gasteiger partial charge in [-0.15, -0.1) is 0 Å². The number of benzene rings is 1. The summed E-state index contributed by atoms with van der Waals surface area (Å²) in [5.74, 6) is -0.812. The maximum absolute atomic E-state index is 14.0. The number of ketones is 1. The van der Waals surface area contributed by atoms with E-state index in [1.165, 1.54) is 13.0 Å². The van der Waals surface area contributed by atoms with E-state index in [4.69, 9.17) is 4.74 Å². The van der Waals surface area contributed by atoms with Gasteiger partial charge >= 0.3 is 6.09 Å². The number of halogens is 1. The van der Waals surface area contributed by atoms with E-state index in [9.17, 15) is 14.0 Å². The second-order valence-electron chi connectivity index (χ2n) is 7.16. The van der Waals surface area contributed by atoms with Gasteiger partial charge < -0.3 is 14.5 Å². The zero-order valence-corrected chi connectivity index (χ0v) is 14.9. The lowest BCUT2D eigenvalue weighted by molar-refractivity contribution is 0.0158. The average Bonchev–Trinajstić information content (AvgIpc) is 2.44. The Labute approximate surface area is 142 Å². The van der Waals surface area contributed by atoms with Crippen LogP contribution < -0.4 is 4.90 Å². The van der Waals surface area contributed by atoms with Crippen molar-refractivity contribution in [3.63, 3.8) is 0 Å². The van der Waals surface area contributed by atoms with Crippen molar-refractivity contribution in [2.45, 2.75) is 46.3 Å². The standard InChI is InChI=1S/C18H25FN2O3/c1-12-11-20(9-10-21(12)17(23)24-18(3,4)5)15-8-6-7-14(19)16(15)13(2)22/h6-8,12H,9-11H2,1-5H3/t12-/m1/s1. The number of hydrogen-bond acceptors (Lipinski definition) is 4. The highest BCUT2D eigenvalue weighted by Crippen LogP contribution is 2.27. The molecule has 0 saturated carbocycles. The summed E-state index contributed by atoms with van der Waals surface area (Å²) < 4.78 is 19.4. The highest BCUT2D eigenvalue weighted by Gasteiger charge is 2.32. The topological polar surface area (TPSA) is 49.9 Å². The molecule has 1 saturated heterocycles. The number of piperazine rings is 1. The lowest BCUT2D eigenvalue weighted by Crippen LogP contribution is -2.55. The molecule has 5 nitrogen and oxygen atoms in total. The van der Waals surface area contributed by atoms with E-state index in [-0.39, 0.29) is 23.5 Å². The maximum Gasteiger partial charge on any atom is 0.410 e. The van der Waals surface area contributed by atoms with Gasteiger partial charge in [0.25, 0.3) is 0 Å². The van der Waals surface area contributed by atoms with E-state index in [1.807, 2.05) is 32.6 Å². The fraction of sp³-hybridized carbons (Fsp3) is 0.556. The van der Waals surface area contributed by atoms with Crippen molar-refractivity contribution in [1.82, 2.24) is 4.90 Å². The van der Waals surface area contributed by atoms with Gasteiger partial charge in [-0.2, -0.15) is 0 Å². The molecule has 132 valence electrons. The summed E-state index contributed by atoms with van der Waals surface area (Å²) in [5.41, 5.74) is 0.145. The van der Waals surface area contributed by atoms with Gasteiger partial charge in [-0.3, -0.25) is 4.79 Å². The first-order chi connectivity index (χ1) is 11.1. The van der Waals surface area contributed by atoms with Crippen molar-refractivity contribution in [2.75, 3.05) is 24.5 Å². The van der Waals surface area contributed by atoms with Crippen molar-refractivity contribution < 1.29 is 18.7 Å². The predicted octanol–water partition coefficient (Wildman–Crippen LogP) is 3.47. The second-order valence-corrected chi connectivity index (χ2v) is 7.16. The molecule has 2 rings (SSSR count). The summed E-state index contributed by atoms with van der Waals surface area (Å²) in [6.45, 7) is 10.3. The number of Topliss-reactive ketones (excluding diaryl/α,β-unsaturated/α-hetero) is 1. The van der Waals surface area contributed by atoms with Gasteiger partial charge in [-0.05, 0) is 46.8 Å². The van der Waals surface area contributed by atoms with Crippen molar-refractivity contribution in [1.29, 1.82) is 0 Å². The normalized spacial score (nSPS) is 18.5. The molecule has 0 bridgehead atoms. The van der Waals surface area contributed by atoms with Gasteiger partial charge in [-0.25, -0.2) is 9.18 Å². The molecule has 1 amide bonds. The molecule has 1 aliphatic heterocycles. The zero-order valence-electron chi connectivity index (χ0n) is 14.9. The van der Waals surface area contributed by atoms with Gasteiger partial charge in [0.2, 0.25) is 0 Å². The van der Waals surface area contributed by atoms with Crippen LogP contribution in [0.1, 0.15) is 45.0 Å². The Kier molecular flexibility index (Phi) is 5.16. The Hall–Kier alpha value is -2.11. The number of carbonyl (C=O) groups is 2. The SMILES string of the molecule is CC(=O)c1c(F)cccc1N1CCN(C(=O)OC(C)(C)C)[C@H](C)C1. The third kappa shape index (κ3) is 4.04. The molecule has 1 heterocycles. The molecule has 0 radical (unpaired) electrons. The molecule has 1 aromatic rings. The van der Waals surface area contributed by atoms with Gasteiger partial charge in [0.15, 0.2) is 5.78 Å². The van der Waals surface area contributed by atoms with E-state index in [0.717, 1.165) is 0 Å². The molecule has 0 aromatic heterocycles. The van der Waals surface area contributed by atoms with Gasteiger partial charge in [0, 0.05) is 25.7 Å². The minimum atomic E-state index is -0.543. The number of hydrogen-bond donors (Lipinski definition) is 0. The Morgan fingerprint density at radius 1 is 1.25 bits per heavy atom. The number of rotatable bonds is 2. The summed E-state index contributed by atoms with van der Waals surface area (Å²) in [4.78, 5) is 27.7. The van der Waals surface area contributed by atoms with Crippen LogP contribution >= 0.6 is 0 Å². The van der Waals surface area contributed by atoms with E-state index >= 15 is 0 Å². The first-order valence-electron chi connectivity index (χ1n) is 8.14. The van der Waals surface area contributed by atoms with Crippen LogP contribution in [0.5, 0.6) is 0 Å². The third-order valence-corrected chi connectivity index (χ3v) is 3.94. The Morgan fingerprint density at radius 3 is 2.46 bits per heavy atom. The van der Waals surface area contributed by atoms with E-state index in [1.54, 1.807) is 17.0 Å². The lowest BCUT2D eigenvalue weighted by atomic mass is 10.1. The molecule has 1 fully saturated rings. The van der Waals surface area contributed by atoms with Crippen LogP contribution in [0.2, 0.25) is 0 Å². The first-order valence-corrected chi connectivity index (χ1v) is 8.14. The highest BCUT2D eigenvalue weighted by molar-refractivity contribution is 6.00. The van der Waals surface area contributed by atoms with Crippen LogP contribution in [-0.4, -0.2) is 48.1 Å². The van der Waals surface area contributed by atoms with Crippen molar-refractivity contribution in [3.8, 4) is 0 Å².